The Labute approximate surface area is 146 Å². The van der Waals surface area contributed by atoms with Gasteiger partial charge in [-0.3, -0.25) is 9.88 Å². The second-order valence-electron chi connectivity index (χ2n) is 6.43. The highest BCUT2D eigenvalue weighted by Crippen LogP contribution is 2.24. The third-order valence-electron chi connectivity index (χ3n) is 4.44. The zero-order valence-corrected chi connectivity index (χ0v) is 14.4. The molecule has 1 aliphatic heterocycles. The van der Waals surface area contributed by atoms with Crippen molar-refractivity contribution in [2.75, 3.05) is 18.4 Å². The Bertz CT molecular complexity index is 773. The molecule has 0 saturated carbocycles. The van der Waals surface area contributed by atoms with Gasteiger partial charge < -0.3 is 5.32 Å². The zero-order valence-electron chi connectivity index (χ0n) is 14.4. The molecule has 25 heavy (non-hydrogen) atoms. The van der Waals surface area contributed by atoms with Gasteiger partial charge in [-0.05, 0) is 26.3 Å². The molecule has 6 nitrogen and oxygen atoms in total. The molecule has 2 atom stereocenters. The maximum absolute atomic E-state index is 14.0. The van der Waals surface area contributed by atoms with Gasteiger partial charge in [-0.2, -0.15) is 5.26 Å². The highest BCUT2D eigenvalue weighted by atomic mass is 19.1. The molecule has 0 bridgehead atoms. The molecule has 1 N–H and O–H groups in total. The number of aromatic nitrogens is 3. The van der Waals surface area contributed by atoms with Crippen molar-refractivity contribution in [3.8, 4) is 6.07 Å². The third-order valence-corrected chi connectivity index (χ3v) is 4.44. The summed E-state index contributed by atoms with van der Waals surface area (Å²) in [6.07, 6.45) is 4.64. The normalized spacial score (nSPS) is 20.4. The van der Waals surface area contributed by atoms with E-state index in [9.17, 15) is 9.65 Å². The summed E-state index contributed by atoms with van der Waals surface area (Å²) in [6, 6.07) is 4.11. The summed E-state index contributed by atoms with van der Waals surface area (Å²) in [6.45, 7) is 5.32. The number of nitrogens with zero attached hydrogens (tertiary/aromatic N) is 5. The maximum atomic E-state index is 14.0. The average molecular weight is 340 g/mol. The molecule has 0 spiro atoms. The summed E-state index contributed by atoms with van der Waals surface area (Å²) in [4.78, 5) is 14.5. The molecule has 2 aromatic rings. The number of halogens is 1. The molecule has 2 aromatic heterocycles. The summed E-state index contributed by atoms with van der Waals surface area (Å²) in [5.41, 5.74) is 3.83. The van der Waals surface area contributed by atoms with Crippen LogP contribution in [-0.2, 0) is 6.54 Å². The van der Waals surface area contributed by atoms with Gasteiger partial charge in [0.2, 0.25) is 0 Å². The summed E-state index contributed by atoms with van der Waals surface area (Å²) in [5, 5.41) is 12.7. The highest BCUT2D eigenvalue weighted by Gasteiger charge is 2.32. The number of anilines is 1. The lowest BCUT2D eigenvalue weighted by atomic mass is 10.1. The van der Waals surface area contributed by atoms with E-state index in [0.717, 1.165) is 16.9 Å². The molecular formula is C18H21FN6. The fourth-order valence-corrected chi connectivity index (χ4v) is 3.31. The van der Waals surface area contributed by atoms with Crippen LogP contribution in [0, 0.1) is 25.2 Å². The number of hydrogen-bond donors (Lipinski definition) is 1. The molecule has 1 fully saturated rings. The van der Waals surface area contributed by atoms with E-state index in [0.29, 0.717) is 37.3 Å². The number of rotatable bonds is 5. The Hall–Kier alpha value is -2.59. The van der Waals surface area contributed by atoms with Crippen molar-refractivity contribution < 1.29 is 4.39 Å². The van der Waals surface area contributed by atoms with Crippen molar-refractivity contribution in [1.82, 2.24) is 19.9 Å². The Balaban J connectivity index is 1.70. The summed E-state index contributed by atoms with van der Waals surface area (Å²) < 4.78 is 14.0. The van der Waals surface area contributed by atoms with E-state index in [-0.39, 0.29) is 6.04 Å². The van der Waals surface area contributed by atoms with Crippen molar-refractivity contribution in [3.63, 3.8) is 0 Å². The summed E-state index contributed by atoms with van der Waals surface area (Å²) >= 11 is 0. The van der Waals surface area contributed by atoms with Crippen LogP contribution >= 0.6 is 0 Å². The van der Waals surface area contributed by atoms with Crippen LogP contribution in [0.1, 0.15) is 28.9 Å². The first-order valence-electron chi connectivity index (χ1n) is 8.31. The van der Waals surface area contributed by atoms with Crippen molar-refractivity contribution in [3.05, 3.63) is 47.3 Å². The highest BCUT2D eigenvalue weighted by molar-refractivity contribution is 5.59. The number of likely N-dealkylation sites (tertiary alicyclic amines) is 1. The molecule has 7 heteroatoms. The number of hydrogen-bond acceptors (Lipinski definition) is 6. The van der Waals surface area contributed by atoms with Gasteiger partial charge in [0, 0.05) is 49.3 Å². The minimum Gasteiger partial charge on any atom is -0.382 e. The number of nitriles is 1. The van der Waals surface area contributed by atoms with Gasteiger partial charge in [0.15, 0.2) is 0 Å². The van der Waals surface area contributed by atoms with Crippen molar-refractivity contribution in [2.24, 2.45) is 0 Å². The SMILES string of the molecule is Cc1cc(NC[C@@H]2C[C@H](F)CN2Cc2cncnc2)c(C#N)c(C)n1. The fourth-order valence-electron chi connectivity index (χ4n) is 3.31. The largest absolute Gasteiger partial charge is 0.382 e. The Kier molecular flexibility index (Phi) is 5.19. The van der Waals surface area contributed by atoms with Gasteiger partial charge in [0.25, 0.3) is 0 Å². The number of nitrogens with one attached hydrogen (secondary N) is 1. The Morgan fingerprint density at radius 1 is 1.36 bits per heavy atom. The molecule has 0 amide bonds. The first kappa shape index (κ1) is 17.2. The summed E-state index contributed by atoms with van der Waals surface area (Å²) in [7, 11) is 0. The van der Waals surface area contributed by atoms with E-state index in [4.69, 9.17) is 0 Å². The smallest absolute Gasteiger partial charge is 0.115 e. The van der Waals surface area contributed by atoms with Crippen LogP contribution in [0.3, 0.4) is 0 Å². The topological polar surface area (TPSA) is 77.7 Å². The number of aryl methyl sites for hydroxylation is 2. The molecular weight excluding hydrogens is 319 g/mol. The zero-order chi connectivity index (χ0) is 17.8. The molecule has 3 rings (SSSR count). The van der Waals surface area contributed by atoms with Crippen LogP contribution < -0.4 is 5.32 Å². The van der Waals surface area contributed by atoms with E-state index in [2.05, 4.69) is 31.2 Å². The fraction of sp³-hybridized carbons (Fsp3) is 0.444. The molecule has 0 radical (unpaired) electrons. The van der Waals surface area contributed by atoms with E-state index < -0.39 is 6.17 Å². The molecule has 0 aliphatic carbocycles. The van der Waals surface area contributed by atoms with Gasteiger partial charge in [0.05, 0.1) is 16.9 Å². The quantitative estimate of drug-likeness (QED) is 0.900. The van der Waals surface area contributed by atoms with Gasteiger partial charge in [0.1, 0.15) is 18.6 Å². The number of pyridine rings is 1. The monoisotopic (exact) mass is 340 g/mol. The van der Waals surface area contributed by atoms with Gasteiger partial charge in [-0.1, -0.05) is 0 Å². The lowest BCUT2D eigenvalue weighted by molar-refractivity contribution is 0.241. The van der Waals surface area contributed by atoms with E-state index in [1.165, 1.54) is 6.33 Å². The third kappa shape index (κ3) is 4.09. The van der Waals surface area contributed by atoms with Gasteiger partial charge in [-0.25, -0.2) is 14.4 Å². The van der Waals surface area contributed by atoms with Crippen LogP contribution in [0.5, 0.6) is 0 Å². The van der Waals surface area contributed by atoms with E-state index >= 15 is 0 Å². The average Bonchev–Trinajstić information content (AvgIpc) is 2.93. The minimum absolute atomic E-state index is 0.0514. The van der Waals surface area contributed by atoms with E-state index in [1.54, 1.807) is 12.4 Å². The Morgan fingerprint density at radius 3 is 2.84 bits per heavy atom. The first-order chi connectivity index (χ1) is 12.1. The van der Waals surface area contributed by atoms with Crippen molar-refractivity contribution >= 4 is 5.69 Å². The predicted octanol–water partition coefficient (Wildman–Crippen LogP) is 2.38. The molecule has 0 aromatic carbocycles. The molecule has 1 aliphatic rings. The van der Waals surface area contributed by atoms with E-state index in [1.807, 2.05) is 19.9 Å². The number of alkyl halides is 1. The van der Waals surface area contributed by atoms with Crippen LogP contribution in [0.4, 0.5) is 10.1 Å². The standard InChI is InChI=1S/C18H21FN6/c1-12-3-18(17(5-20)13(2)24-12)23-8-16-4-15(19)10-25(16)9-14-6-21-11-22-7-14/h3,6-7,11,15-16H,4,8-10H2,1-2H3,(H,23,24)/t15-,16-/m0/s1. The lowest BCUT2D eigenvalue weighted by Crippen LogP contribution is -2.34. The molecule has 1 saturated heterocycles. The van der Waals surface area contributed by atoms with Crippen LogP contribution in [0.25, 0.3) is 0 Å². The predicted molar refractivity (Wildman–Crippen MR) is 92.7 cm³/mol. The van der Waals surface area contributed by atoms with Crippen LogP contribution in [0.2, 0.25) is 0 Å². The first-order valence-corrected chi connectivity index (χ1v) is 8.31. The van der Waals surface area contributed by atoms with Crippen molar-refractivity contribution in [2.45, 2.75) is 39.0 Å². The lowest BCUT2D eigenvalue weighted by Gasteiger charge is -2.24. The van der Waals surface area contributed by atoms with Crippen LogP contribution in [-0.4, -0.2) is 45.2 Å². The van der Waals surface area contributed by atoms with Gasteiger partial charge in [-0.15, -0.1) is 0 Å². The van der Waals surface area contributed by atoms with Crippen molar-refractivity contribution in [1.29, 1.82) is 5.26 Å². The second kappa shape index (κ2) is 7.53. The molecule has 3 heterocycles. The van der Waals surface area contributed by atoms with Gasteiger partial charge >= 0.3 is 0 Å². The maximum Gasteiger partial charge on any atom is 0.115 e. The molecule has 0 unspecified atom stereocenters. The second-order valence-corrected chi connectivity index (χ2v) is 6.43. The summed E-state index contributed by atoms with van der Waals surface area (Å²) in [5.74, 6) is 0. The Morgan fingerprint density at radius 2 is 2.12 bits per heavy atom. The molecule has 130 valence electrons. The van der Waals surface area contributed by atoms with Crippen LogP contribution in [0.15, 0.2) is 24.8 Å². The minimum atomic E-state index is -0.840.